The largest absolute Gasteiger partial charge is 0.334 e. The van der Waals surface area contributed by atoms with Crippen molar-refractivity contribution >= 4 is 21.7 Å². The Labute approximate surface area is 141 Å². The molecule has 0 saturated carbocycles. The van der Waals surface area contributed by atoms with Gasteiger partial charge in [-0.15, -0.1) is 0 Å². The summed E-state index contributed by atoms with van der Waals surface area (Å²) in [5, 5.41) is 5.53. The molecule has 2 rings (SSSR count). The Bertz CT molecular complexity index is 794. The van der Waals surface area contributed by atoms with Crippen LogP contribution >= 0.6 is 0 Å². The van der Waals surface area contributed by atoms with Crippen molar-refractivity contribution in [2.45, 2.75) is 19.5 Å². The van der Waals surface area contributed by atoms with Crippen LogP contribution in [0.4, 0.5) is 10.5 Å². The van der Waals surface area contributed by atoms with Gasteiger partial charge in [-0.1, -0.05) is 24.3 Å². The molecule has 0 aliphatic carbocycles. The second-order valence-corrected chi connectivity index (χ2v) is 7.12. The SMILES string of the molecule is CC(NC(=O)NCc1cccnc1)c1ccccc1NS(C)(=O)=O. The molecule has 0 bridgehead atoms. The number of urea groups is 1. The zero-order valence-corrected chi connectivity index (χ0v) is 14.3. The van der Waals surface area contributed by atoms with Crippen LogP contribution in [-0.2, 0) is 16.6 Å². The summed E-state index contributed by atoms with van der Waals surface area (Å²) in [7, 11) is -3.39. The van der Waals surface area contributed by atoms with Gasteiger partial charge in [0.05, 0.1) is 18.0 Å². The van der Waals surface area contributed by atoms with E-state index in [1.165, 1.54) is 0 Å². The van der Waals surface area contributed by atoms with E-state index in [2.05, 4.69) is 20.3 Å². The van der Waals surface area contributed by atoms with Crippen LogP contribution in [0.2, 0.25) is 0 Å². The maximum absolute atomic E-state index is 12.0. The molecule has 8 heteroatoms. The Balaban J connectivity index is 1.99. The smallest absolute Gasteiger partial charge is 0.315 e. The van der Waals surface area contributed by atoms with E-state index in [0.29, 0.717) is 17.8 Å². The first-order chi connectivity index (χ1) is 11.3. The number of nitrogens with zero attached hydrogens (tertiary/aromatic N) is 1. The van der Waals surface area contributed by atoms with E-state index in [1.807, 2.05) is 6.07 Å². The highest BCUT2D eigenvalue weighted by molar-refractivity contribution is 7.92. The summed E-state index contributed by atoms with van der Waals surface area (Å²) >= 11 is 0. The predicted molar refractivity (Wildman–Crippen MR) is 92.9 cm³/mol. The summed E-state index contributed by atoms with van der Waals surface area (Å²) in [6, 6.07) is 9.87. The minimum Gasteiger partial charge on any atom is -0.334 e. The zero-order chi connectivity index (χ0) is 17.6. The summed E-state index contributed by atoms with van der Waals surface area (Å²) in [6.07, 6.45) is 4.43. The van der Waals surface area contributed by atoms with Crippen molar-refractivity contribution in [3.05, 3.63) is 59.9 Å². The molecule has 1 heterocycles. The van der Waals surface area contributed by atoms with Gasteiger partial charge >= 0.3 is 6.03 Å². The van der Waals surface area contributed by atoms with Gasteiger partial charge in [0.2, 0.25) is 10.0 Å². The standard InChI is InChI=1S/C16H20N4O3S/c1-12(14-7-3-4-8-15(14)20-24(2,22)23)19-16(21)18-11-13-6-5-9-17-10-13/h3-10,12,20H,11H2,1-2H3,(H2,18,19,21). The van der Waals surface area contributed by atoms with Gasteiger partial charge in [0.1, 0.15) is 0 Å². The molecule has 3 N–H and O–H groups in total. The van der Waals surface area contributed by atoms with Crippen LogP contribution in [-0.4, -0.2) is 25.7 Å². The maximum atomic E-state index is 12.0. The van der Waals surface area contributed by atoms with Gasteiger partial charge in [0.15, 0.2) is 0 Å². The number of carbonyl (C=O) groups excluding carboxylic acids is 1. The van der Waals surface area contributed by atoms with E-state index in [1.54, 1.807) is 49.6 Å². The van der Waals surface area contributed by atoms with Gasteiger partial charge in [-0.25, -0.2) is 13.2 Å². The van der Waals surface area contributed by atoms with Crippen LogP contribution in [0, 0.1) is 0 Å². The highest BCUT2D eigenvalue weighted by atomic mass is 32.2. The first kappa shape index (κ1) is 17.7. The quantitative estimate of drug-likeness (QED) is 0.743. The van der Waals surface area contributed by atoms with Gasteiger partial charge in [-0.2, -0.15) is 0 Å². The summed E-state index contributed by atoms with van der Waals surface area (Å²) in [4.78, 5) is 16.0. The molecule has 24 heavy (non-hydrogen) atoms. The lowest BCUT2D eigenvalue weighted by Gasteiger charge is -2.18. The first-order valence-electron chi connectivity index (χ1n) is 7.35. The van der Waals surface area contributed by atoms with Crippen molar-refractivity contribution in [3.63, 3.8) is 0 Å². The number of benzene rings is 1. The van der Waals surface area contributed by atoms with Crippen LogP contribution in [0.15, 0.2) is 48.8 Å². The number of rotatable bonds is 6. The molecule has 0 aliphatic heterocycles. The Hall–Kier alpha value is -2.61. The number of anilines is 1. The minimum atomic E-state index is -3.39. The molecule has 2 amide bonds. The molecule has 2 aromatic rings. The van der Waals surface area contributed by atoms with Gasteiger partial charge < -0.3 is 10.6 Å². The van der Waals surface area contributed by atoms with Crippen molar-refractivity contribution in [3.8, 4) is 0 Å². The van der Waals surface area contributed by atoms with Crippen LogP contribution in [0.3, 0.4) is 0 Å². The lowest BCUT2D eigenvalue weighted by molar-refractivity contribution is 0.237. The molecular formula is C16H20N4O3S. The van der Waals surface area contributed by atoms with Crippen LogP contribution in [0.5, 0.6) is 0 Å². The molecule has 1 atom stereocenters. The number of pyridine rings is 1. The van der Waals surface area contributed by atoms with Gasteiger partial charge in [0.25, 0.3) is 0 Å². The molecule has 0 aliphatic rings. The Morgan fingerprint density at radius 1 is 1.21 bits per heavy atom. The monoisotopic (exact) mass is 348 g/mol. The third-order valence-electron chi connectivity index (χ3n) is 3.25. The normalized spacial score (nSPS) is 12.2. The van der Waals surface area contributed by atoms with E-state index < -0.39 is 10.0 Å². The van der Waals surface area contributed by atoms with E-state index in [-0.39, 0.29) is 12.1 Å². The number of para-hydroxylation sites is 1. The molecular weight excluding hydrogens is 328 g/mol. The van der Waals surface area contributed by atoms with Gasteiger partial charge in [-0.05, 0) is 30.2 Å². The number of sulfonamides is 1. The van der Waals surface area contributed by atoms with E-state index >= 15 is 0 Å². The van der Waals surface area contributed by atoms with Gasteiger partial charge in [0, 0.05) is 18.9 Å². The molecule has 0 fully saturated rings. The summed E-state index contributed by atoms with van der Waals surface area (Å²) in [5.41, 5.74) is 2.01. The molecule has 1 aromatic heterocycles. The topological polar surface area (TPSA) is 100 Å². The fraction of sp³-hybridized carbons (Fsp3) is 0.250. The van der Waals surface area contributed by atoms with Crippen molar-refractivity contribution in [1.82, 2.24) is 15.6 Å². The van der Waals surface area contributed by atoms with E-state index in [9.17, 15) is 13.2 Å². The number of amides is 2. The molecule has 0 saturated heterocycles. The summed E-state index contributed by atoms with van der Waals surface area (Å²) < 4.78 is 25.3. The lowest BCUT2D eigenvalue weighted by Crippen LogP contribution is -2.36. The van der Waals surface area contributed by atoms with E-state index in [4.69, 9.17) is 0 Å². The number of hydrogen-bond donors (Lipinski definition) is 3. The number of hydrogen-bond acceptors (Lipinski definition) is 4. The van der Waals surface area contributed by atoms with Crippen molar-refractivity contribution in [2.75, 3.05) is 11.0 Å². The molecule has 1 aromatic carbocycles. The first-order valence-corrected chi connectivity index (χ1v) is 9.24. The zero-order valence-electron chi connectivity index (χ0n) is 13.5. The summed E-state index contributed by atoms with van der Waals surface area (Å²) in [6.45, 7) is 2.14. The maximum Gasteiger partial charge on any atom is 0.315 e. The number of carbonyl (C=O) groups is 1. The lowest BCUT2D eigenvalue weighted by atomic mass is 10.1. The highest BCUT2D eigenvalue weighted by Crippen LogP contribution is 2.23. The highest BCUT2D eigenvalue weighted by Gasteiger charge is 2.14. The Morgan fingerprint density at radius 3 is 2.62 bits per heavy atom. The van der Waals surface area contributed by atoms with Crippen molar-refractivity contribution in [1.29, 1.82) is 0 Å². The molecule has 0 radical (unpaired) electrons. The van der Waals surface area contributed by atoms with Crippen LogP contribution < -0.4 is 15.4 Å². The number of aromatic nitrogens is 1. The molecule has 1 unspecified atom stereocenters. The van der Waals surface area contributed by atoms with E-state index in [0.717, 1.165) is 11.8 Å². The third kappa shape index (κ3) is 5.54. The second kappa shape index (κ2) is 7.78. The number of nitrogens with one attached hydrogen (secondary N) is 3. The van der Waals surface area contributed by atoms with Crippen LogP contribution in [0.25, 0.3) is 0 Å². The fourth-order valence-electron chi connectivity index (χ4n) is 2.18. The average molecular weight is 348 g/mol. The summed E-state index contributed by atoms with van der Waals surface area (Å²) in [5.74, 6) is 0. The molecule has 128 valence electrons. The molecule has 7 nitrogen and oxygen atoms in total. The Kier molecular flexibility index (Phi) is 5.75. The fourth-order valence-corrected chi connectivity index (χ4v) is 2.76. The third-order valence-corrected chi connectivity index (χ3v) is 3.84. The van der Waals surface area contributed by atoms with Crippen molar-refractivity contribution < 1.29 is 13.2 Å². The van der Waals surface area contributed by atoms with Crippen LogP contribution in [0.1, 0.15) is 24.1 Å². The Morgan fingerprint density at radius 2 is 1.96 bits per heavy atom. The minimum absolute atomic E-state index is 0.347. The average Bonchev–Trinajstić information content (AvgIpc) is 2.53. The van der Waals surface area contributed by atoms with Gasteiger partial charge in [-0.3, -0.25) is 9.71 Å². The van der Waals surface area contributed by atoms with Crippen molar-refractivity contribution in [2.24, 2.45) is 0 Å². The predicted octanol–water partition coefficient (Wildman–Crippen LogP) is 2.01. The second-order valence-electron chi connectivity index (χ2n) is 5.37. The molecule has 0 spiro atoms.